The van der Waals surface area contributed by atoms with Crippen LogP contribution in [0.4, 0.5) is 0 Å². The van der Waals surface area contributed by atoms with E-state index in [0.717, 1.165) is 0 Å². The first-order valence-electron chi connectivity index (χ1n) is 2.32. The zero-order chi connectivity index (χ0) is 6.85. The van der Waals surface area contributed by atoms with Crippen LogP contribution >= 0.6 is 24.4 Å². The summed E-state index contributed by atoms with van der Waals surface area (Å²) in [6.07, 6.45) is 1.55. The van der Waals surface area contributed by atoms with E-state index >= 15 is 0 Å². The van der Waals surface area contributed by atoms with Crippen molar-refractivity contribution in [2.24, 2.45) is 7.05 Å². The SMILES string of the molecule is Cn1c(=S)cn[nH]c1=S. The Morgan fingerprint density at radius 2 is 2.33 bits per heavy atom. The Labute approximate surface area is 62.4 Å². The predicted octanol–water partition coefficient (Wildman–Crippen LogP) is 1.21. The second-order valence-corrected chi connectivity index (χ2v) is 2.38. The lowest BCUT2D eigenvalue weighted by Gasteiger charge is -1.93. The van der Waals surface area contributed by atoms with Crippen molar-refractivity contribution in [1.29, 1.82) is 0 Å². The van der Waals surface area contributed by atoms with E-state index in [0.29, 0.717) is 9.41 Å². The number of aromatic nitrogens is 3. The van der Waals surface area contributed by atoms with Crippen molar-refractivity contribution in [2.45, 2.75) is 0 Å². The summed E-state index contributed by atoms with van der Waals surface area (Å²) in [5.41, 5.74) is 0. The Hall–Kier alpha value is -0.550. The normalized spacial score (nSPS) is 9.44. The molecule has 0 aliphatic heterocycles. The van der Waals surface area contributed by atoms with Gasteiger partial charge in [0.2, 0.25) is 0 Å². The standard InChI is InChI=1S/C4H5N3S2/c1-7-3(8)2-5-6-4(7)9/h2H,1H3,(H,6,9). The molecule has 0 unspecified atom stereocenters. The van der Waals surface area contributed by atoms with Crippen LogP contribution in [-0.2, 0) is 7.05 Å². The molecule has 0 aliphatic carbocycles. The number of hydrogen-bond donors (Lipinski definition) is 1. The molecule has 0 atom stereocenters. The molecule has 1 rings (SSSR count). The summed E-state index contributed by atoms with van der Waals surface area (Å²) in [4.78, 5) is 0. The van der Waals surface area contributed by atoms with Crippen molar-refractivity contribution in [3.8, 4) is 0 Å². The number of hydrogen-bond acceptors (Lipinski definition) is 3. The maximum Gasteiger partial charge on any atom is 0.194 e. The van der Waals surface area contributed by atoms with Crippen molar-refractivity contribution in [3.05, 3.63) is 15.6 Å². The molecule has 48 valence electrons. The molecule has 0 saturated heterocycles. The number of aromatic amines is 1. The van der Waals surface area contributed by atoms with Crippen molar-refractivity contribution in [3.63, 3.8) is 0 Å². The monoisotopic (exact) mass is 159 g/mol. The third-order valence-electron chi connectivity index (χ3n) is 0.970. The largest absolute Gasteiger partial charge is 0.310 e. The highest BCUT2D eigenvalue weighted by atomic mass is 32.1. The van der Waals surface area contributed by atoms with E-state index in [1.54, 1.807) is 17.8 Å². The van der Waals surface area contributed by atoms with Crippen LogP contribution in [0.5, 0.6) is 0 Å². The van der Waals surface area contributed by atoms with E-state index in [9.17, 15) is 0 Å². The molecule has 0 aromatic carbocycles. The quantitative estimate of drug-likeness (QED) is 0.578. The lowest BCUT2D eigenvalue weighted by Crippen LogP contribution is -1.97. The van der Waals surface area contributed by atoms with E-state index in [4.69, 9.17) is 24.4 Å². The van der Waals surface area contributed by atoms with Crippen LogP contribution in [-0.4, -0.2) is 14.8 Å². The zero-order valence-electron chi connectivity index (χ0n) is 4.79. The van der Waals surface area contributed by atoms with Crippen molar-refractivity contribution in [2.75, 3.05) is 0 Å². The van der Waals surface area contributed by atoms with Crippen LogP contribution in [0.25, 0.3) is 0 Å². The number of rotatable bonds is 0. The highest BCUT2D eigenvalue weighted by Crippen LogP contribution is 1.84. The third kappa shape index (κ3) is 1.22. The van der Waals surface area contributed by atoms with Crippen LogP contribution in [0.3, 0.4) is 0 Å². The van der Waals surface area contributed by atoms with Gasteiger partial charge in [-0.15, -0.1) is 0 Å². The number of nitrogens with one attached hydrogen (secondary N) is 1. The van der Waals surface area contributed by atoms with Crippen molar-refractivity contribution < 1.29 is 0 Å². The van der Waals surface area contributed by atoms with Crippen LogP contribution in [0, 0.1) is 9.41 Å². The molecule has 0 amide bonds. The van der Waals surface area contributed by atoms with Crippen LogP contribution in [0.2, 0.25) is 0 Å². The van der Waals surface area contributed by atoms with Gasteiger partial charge in [-0.05, 0) is 12.2 Å². The minimum absolute atomic E-state index is 0.544. The highest BCUT2D eigenvalue weighted by molar-refractivity contribution is 7.72. The van der Waals surface area contributed by atoms with Gasteiger partial charge < -0.3 is 4.57 Å². The molecule has 1 aromatic rings. The lowest BCUT2D eigenvalue weighted by molar-refractivity contribution is 0.776. The molecule has 0 saturated carbocycles. The Balaban J connectivity index is 3.62. The van der Waals surface area contributed by atoms with E-state index in [1.165, 1.54) is 0 Å². The maximum absolute atomic E-state index is 4.85. The van der Waals surface area contributed by atoms with Gasteiger partial charge in [-0.2, -0.15) is 5.10 Å². The minimum Gasteiger partial charge on any atom is -0.310 e. The highest BCUT2D eigenvalue weighted by Gasteiger charge is 1.82. The molecule has 0 fully saturated rings. The first-order chi connectivity index (χ1) is 4.22. The Morgan fingerprint density at radius 3 is 2.78 bits per heavy atom. The van der Waals surface area contributed by atoms with Gasteiger partial charge in [0.1, 0.15) is 4.64 Å². The molecule has 0 aliphatic rings. The molecule has 0 spiro atoms. The summed E-state index contributed by atoms with van der Waals surface area (Å²) in [5.74, 6) is 0. The summed E-state index contributed by atoms with van der Waals surface area (Å²) >= 11 is 9.67. The van der Waals surface area contributed by atoms with Gasteiger partial charge in [0.05, 0.1) is 6.20 Å². The summed E-state index contributed by atoms with van der Waals surface area (Å²) < 4.78 is 2.86. The van der Waals surface area contributed by atoms with Gasteiger partial charge in [0.15, 0.2) is 4.77 Å². The average molecular weight is 159 g/mol. The second kappa shape index (κ2) is 2.36. The average Bonchev–Trinajstić information content (AvgIpc) is 1.83. The molecular weight excluding hydrogens is 154 g/mol. The van der Waals surface area contributed by atoms with Crippen LogP contribution < -0.4 is 0 Å². The first-order valence-corrected chi connectivity index (χ1v) is 3.14. The molecule has 1 heterocycles. The number of nitrogens with zero attached hydrogens (tertiary/aromatic N) is 2. The van der Waals surface area contributed by atoms with Gasteiger partial charge in [0, 0.05) is 7.05 Å². The van der Waals surface area contributed by atoms with Gasteiger partial charge >= 0.3 is 0 Å². The van der Waals surface area contributed by atoms with Crippen molar-refractivity contribution in [1.82, 2.24) is 14.8 Å². The molecule has 0 bridgehead atoms. The fraction of sp³-hybridized carbons (Fsp3) is 0.250. The summed E-state index contributed by atoms with van der Waals surface area (Å²) in [5, 5.41) is 6.29. The molecule has 1 N–H and O–H groups in total. The summed E-state index contributed by atoms with van der Waals surface area (Å²) in [7, 11) is 1.79. The second-order valence-electron chi connectivity index (χ2n) is 1.57. The maximum atomic E-state index is 4.85. The van der Waals surface area contributed by atoms with E-state index < -0.39 is 0 Å². The molecule has 9 heavy (non-hydrogen) atoms. The molecule has 1 aromatic heterocycles. The predicted molar refractivity (Wildman–Crippen MR) is 39.2 cm³/mol. The fourth-order valence-corrected chi connectivity index (χ4v) is 0.757. The van der Waals surface area contributed by atoms with Gasteiger partial charge in [-0.1, -0.05) is 12.2 Å². The zero-order valence-corrected chi connectivity index (χ0v) is 6.42. The first kappa shape index (κ1) is 6.57. The van der Waals surface area contributed by atoms with Gasteiger partial charge in [0.25, 0.3) is 0 Å². The van der Waals surface area contributed by atoms with Crippen LogP contribution in [0.15, 0.2) is 6.20 Å². The Kier molecular flexibility index (Phi) is 1.73. The van der Waals surface area contributed by atoms with Gasteiger partial charge in [-0.3, -0.25) is 5.10 Å². The smallest absolute Gasteiger partial charge is 0.194 e. The Bertz CT molecular complexity index is 282. The van der Waals surface area contributed by atoms with E-state index in [1.807, 2.05) is 0 Å². The topological polar surface area (TPSA) is 33.6 Å². The van der Waals surface area contributed by atoms with Gasteiger partial charge in [-0.25, -0.2) is 0 Å². The number of H-pyrrole nitrogens is 1. The molecule has 3 nitrogen and oxygen atoms in total. The lowest BCUT2D eigenvalue weighted by atomic mass is 10.8. The van der Waals surface area contributed by atoms with E-state index in [2.05, 4.69) is 10.2 Å². The summed E-state index contributed by atoms with van der Waals surface area (Å²) in [6.45, 7) is 0. The third-order valence-corrected chi connectivity index (χ3v) is 1.71. The van der Waals surface area contributed by atoms with E-state index in [-0.39, 0.29) is 0 Å². The molecular formula is C4H5N3S2. The Morgan fingerprint density at radius 1 is 1.67 bits per heavy atom. The van der Waals surface area contributed by atoms with Crippen LogP contribution in [0.1, 0.15) is 0 Å². The molecule has 5 heteroatoms. The summed E-state index contributed by atoms with van der Waals surface area (Å²) in [6, 6.07) is 0. The fourth-order valence-electron chi connectivity index (χ4n) is 0.404. The molecule has 0 radical (unpaired) electrons. The minimum atomic E-state index is 0.544. The van der Waals surface area contributed by atoms with Crippen molar-refractivity contribution >= 4 is 24.4 Å².